The van der Waals surface area contributed by atoms with Crippen LogP contribution in [0.25, 0.3) is 0 Å². The van der Waals surface area contributed by atoms with Gasteiger partial charge >= 0.3 is 12.5 Å². The van der Waals surface area contributed by atoms with E-state index >= 15 is 0 Å². The Hall–Kier alpha value is -1.28. The standard InChI is InChI=1S/C9H8F6N2/c10-8(11,12)7-3-1-6(2-4-7)5-16-17-9(13,14)15/h1-4,16-17H,5H2. The Morgan fingerprint density at radius 2 is 1.41 bits per heavy atom. The number of rotatable bonds is 3. The van der Waals surface area contributed by atoms with E-state index in [1.807, 2.05) is 5.43 Å². The molecule has 2 nitrogen and oxygen atoms in total. The van der Waals surface area contributed by atoms with E-state index in [0.29, 0.717) is 5.56 Å². The Bertz CT molecular complexity index is 353. The van der Waals surface area contributed by atoms with Gasteiger partial charge in [-0.2, -0.15) is 31.8 Å². The largest absolute Gasteiger partial charge is 0.470 e. The molecule has 17 heavy (non-hydrogen) atoms. The maximum Gasteiger partial charge on any atom is 0.470 e. The van der Waals surface area contributed by atoms with E-state index in [1.165, 1.54) is 0 Å². The summed E-state index contributed by atoms with van der Waals surface area (Å²) in [6.45, 7) is -0.238. The number of alkyl halides is 6. The normalized spacial score (nSPS) is 12.8. The average Bonchev–Trinajstić information content (AvgIpc) is 2.15. The molecule has 0 aromatic heterocycles. The molecule has 1 aromatic carbocycles. The van der Waals surface area contributed by atoms with Gasteiger partial charge in [0.1, 0.15) is 0 Å². The van der Waals surface area contributed by atoms with Crippen molar-refractivity contribution in [2.45, 2.75) is 19.0 Å². The lowest BCUT2D eigenvalue weighted by Crippen LogP contribution is -2.42. The molecule has 0 spiro atoms. The van der Waals surface area contributed by atoms with Crippen LogP contribution in [0.1, 0.15) is 11.1 Å². The van der Waals surface area contributed by atoms with Gasteiger partial charge in [0.25, 0.3) is 0 Å². The van der Waals surface area contributed by atoms with Gasteiger partial charge in [0, 0.05) is 6.54 Å². The van der Waals surface area contributed by atoms with Crippen LogP contribution in [-0.2, 0) is 12.7 Å². The van der Waals surface area contributed by atoms with Crippen molar-refractivity contribution >= 4 is 0 Å². The first kappa shape index (κ1) is 13.8. The maximum atomic E-state index is 12.2. The van der Waals surface area contributed by atoms with Gasteiger partial charge in [0.05, 0.1) is 5.56 Å². The van der Waals surface area contributed by atoms with Crippen LogP contribution in [0.15, 0.2) is 24.3 Å². The van der Waals surface area contributed by atoms with Crippen LogP contribution < -0.4 is 10.9 Å². The SMILES string of the molecule is FC(F)(F)NNCc1ccc(C(F)(F)F)cc1. The predicted octanol–water partition coefficient (Wildman–Crippen LogP) is 2.82. The van der Waals surface area contributed by atoms with E-state index in [9.17, 15) is 26.3 Å². The van der Waals surface area contributed by atoms with Crippen molar-refractivity contribution in [3.05, 3.63) is 35.4 Å². The molecule has 0 unspecified atom stereocenters. The molecule has 0 heterocycles. The van der Waals surface area contributed by atoms with Crippen LogP contribution in [0, 0.1) is 0 Å². The summed E-state index contributed by atoms with van der Waals surface area (Å²) in [6, 6.07) is 3.83. The number of nitrogens with one attached hydrogen (secondary N) is 2. The zero-order valence-corrected chi connectivity index (χ0v) is 8.28. The van der Waals surface area contributed by atoms with Crippen molar-refractivity contribution in [3.8, 4) is 0 Å². The number of hydrazine groups is 1. The van der Waals surface area contributed by atoms with E-state index in [0.717, 1.165) is 29.7 Å². The number of halogens is 6. The van der Waals surface area contributed by atoms with Gasteiger partial charge in [0.2, 0.25) is 0 Å². The van der Waals surface area contributed by atoms with Gasteiger partial charge in [0.15, 0.2) is 0 Å². The lowest BCUT2D eigenvalue weighted by atomic mass is 10.1. The second-order valence-corrected chi connectivity index (χ2v) is 3.17. The van der Waals surface area contributed by atoms with Crippen molar-refractivity contribution in [2.24, 2.45) is 0 Å². The second-order valence-electron chi connectivity index (χ2n) is 3.17. The molecule has 1 rings (SSSR count). The molecule has 1 aromatic rings. The molecule has 0 amide bonds. The van der Waals surface area contributed by atoms with Gasteiger partial charge in [-0.3, -0.25) is 0 Å². The van der Waals surface area contributed by atoms with Crippen LogP contribution in [0.4, 0.5) is 26.3 Å². The Kier molecular flexibility index (Phi) is 3.99. The summed E-state index contributed by atoms with van der Waals surface area (Å²) in [5.41, 5.74) is 2.34. The molecule has 0 aliphatic heterocycles. The van der Waals surface area contributed by atoms with E-state index in [1.54, 1.807) is 0 Å². The topological polar surface area (TPSA) is 24.1 Å². The Labute approximate surface area is 92.6 Å². The predicted molar refractivity (Wildman–Crippen MR) is 47.5 cm³/mol. The van der Waals surface area contributed by atoms with Gasteiger partial charge in [-0.15, -0.1) is 0 Å². The first-order chi connectivity index (χ1) is 7.68. The van der Waals surface area contributed by atoms with Crippen LogP contribution in [-0.4, -0.2) is 6.30 Å². The van der Waals surface area contributed by atoms with E-state index in [4.69, 9.17) is 0 Å². The third-order valence-corrected chi connectivity index (χ3v) is 1.80. The molecule has 0 bridgehead atoms. The van der Waals surface area contributed by atoms with Gasteiger partial charge in [-0.05, 0) is 17.7 Å². The van der Waals surface area contributed by atoms with Crippen molar-refractivity contribution in [1.82, 2.24) is 10.9 Å². The van der Waals surface area contributed by atoms with Crippen LogP contribution in [0.3, 0.4) is 0 Å². The molecule has 2 N–H and O–H groups in total. The average molecular weight is 258 g/mol. The Morgan fingerprint density at radius 3 is 1.82 bits per heavy atom. The van der Waals surface area contributed by atoms with E-state index in [2.05, 4.69) is 0 Å². The van der Waals surface area contributed by atoms with Crippen molar-refractivity contribution < 1.29 is 26.3 Å². The highest BCUT2D eigenvalue weighted by Gasteiger charge is 2.30. The number of hydrogen-bond acceptors (Lipinski definition) is 2. The van der Waals surface area contributed by atoms with Crippen LogP contribution in [0.5, 0.6) is 0 Å². The third-order valence-electron chi connectivity index (χ3n) is 1.80. The molecule has 0 aliphatic carbocycles. The summed E-state index contributed by atoms with van der Waals surface area (Å²) in [6.07, 6.45) is -9.03. The molecular weight excluding hydrogens is 250 g/mol. The molecule has 96 valence electrons. The molecule has 0 aliphatic rings. The summed E-state index contributed by atoms with van der Waals surface area (Å²) < 4.78 is 71.4. The van der Waals surface area contributed by atoms with Crippen molar-refractivity contribution in [1.29, 1.82) is 0 Å². The Morgan fingerprint density at radius 1 is 0.882 bits per heavy atom. The fourth-order valence-corrected chi connectivity index (χ4v) is 1.06. The second kappa shape index (κ2) is 4.92. The third kappa shape index (κ3) is 5.05. The minimum atomic E-state index is -4.58. The first-order valence-electron chi connectivity index (χ1n) is 4.41. The summed E-state index contributed by atoms with van der Waals surface area (Å²) in [5, 5.41) is 0. The molecule has 0 atom stereocenters. The zero-order chi connectivity index (χ0) is 13.1. The fraction of sp³-hybridized carbons (Fsp3) is 0.333. The Balaban J connectivity index is 2.52. The van der Waals surface area contributed by atoms with Gasteiger partial charge in [-0.25, -0.2) is 5.43 Å². The summed E-state index contributed by atoms with van der Waals surface area (Å²) in [5.74, 6) is 0. The van der Waals surface area contributed by atoms with Crippen LogP contribution >= 0.6 is 0 Å². The highest BCUT2D eigenvalue weighted by atomic mass is 19.4. The number of hydrogen-bond donors (Lipinski definition) is 2. The molecule has 8 heteroatoms. The molecule has 0 radical (unpaired) electrons. The van der Waals surface area contributed by atoms with Crippen molar-refractivity contribution in [3.63, 3.8) is 0 Å². The first-order valence-corrected chi connectivity index (χ1v) is 4.41. The summed E-state index contributed by atoms with van der Waals surface area (Å²) in [4.78, 5) is 0. The smallest absolute Gasteiger partial charge is 0.246 e. The summed E-state index contributed by atoms with van der Waals surface area (Å²) in [7, 11) is 0. The number of benzene rings is 1. The van der Waals surface area contributed by atoms with E-state index in [-0.39, 0.29) is 6.54 Å². The fourth-order valence-electron chi connectivity index (χ4n) is 1.06. The minimum absolute atomic E-state index is 0.238. The van der Waals surface area contributed by atoms with Crippen LogP contribution in [0.2, 0.25) is 0 Å². The van der Waals surface area contributed by atoms with Crippen molar-refractivity contribution in [2.75, 3.05) is 0 Å². The lowest BCUT2D eigenvalue weighted by molar-refractivity contribution is -0.167. The van der Waals surface area contributed by atoms with Gasteiger partial charge < -0.3 is 0 Å². The summed E-state index contributed by atoms with van der Waals surface area (Å²) >= 11 is 0. The van der Waals surface area contributed by atoms with Gasteiger partial charge in [-0.1, -0.05) is 12.1 Å². The maximum absolute atomic E-state index is 12.2. The quantitative estimate of drug-likeness (QED) is 0.495. The van der Waals surface area contributed by atoms with E-state index < -0.39 is 18.0 Å². The highest BCUT2D eigenvalue weighted by molar-refractivity contribution is 5.24. The highest BCUT2D eigenvalue weighted by Crippen LogP contribution is 2.28. The molecule has 0 saturated carbocycles. The zero-order valence-electron chi connectivity index (χ0n) is 8.28. The molecule has 0 saturated heterocycles. The monoisotopic (exact) mass is 258 g/mol. The molecular formula is C9H8F6N2. The lowest BCUT2D eigenvalue weighted by Gasteiger charge is -2.11. The molecule has 0 fully saturated rings. The minimum Gasteiger partial charge on any atom is -0.246 e.